The van der Waals surface area contributed by atoms with Crippen LogP contribution in [0.3, 0.4) is 0 Å². The normalized spacial score (nSPS) is 13.8. The number of aromatic nitrogens is 2. The van der Waals surface area contributed by atoms with Crippen LogP contribution in [0.4, 0.5) is 11.5 Å². The summed E-state index contributed by atoms with van der Waals surface area (Å²) in [5, 5.41) is 2.91. The summed E-state index contributed by atoms with van der Waals surface area (Å²) in [6, 6.07) is 18.8. The Hall–Kier alpha value is -3.41. The van der Waals surface area contributed by atoms with Gasteiger partial charge in [-0.1, -0.05) is 36.4 Å². The molecule has 1 saturated heterocycles. The molecule has 0 unspecified atom stereocenters. The van der Waals surface area contributed by atoms with Gasteiger partial charge in [-0.2, -0.15) is 0 Å². The van der Waals surface area contributed by atoms with E-state index in [2.05, 4.69) is 15.2 Å². The van der Waals surface area contributed by atoms with Gasteiger partial charge in [-0.3, -0.25) is 4.79 Å². The molecule has 1 N–H and O–H groups in total. The minimum atomic E-state index is -0.268. The average molecular weight is 388 g/mol. The number of carbonyl (C=O) groups excluding carboxylic acids is 1. The van der Waals surface area contributed by atoms with Crippen LogP contribution in [0.5, 0.6) is 5.75 Å². The smallest absolute Gasteiger partial charge is 0.274 e. The second kappa shape index (κ2) is 8.73. The van der Waals surface area contributed by atoms with Crippen molar-refractivity contribution in [1.82, 2.24) is 9.97 Å². The molecule has 4 rings (SSSR count). The van der Waals surface area contributed by atoms with Crippen molar-refractivity contribution < 1.29 is 9.53 Å². The molecule has 2 aromatic carbocycles. The van der Waals surface area contributed by atoms with Crippen LogP contribution in [0, 0.1) is 0 Å². The molecule has 148 valence electrons. The van der Waals surface area contributed by atoms with Crippen molar-refractivity contribution in [3.8, 4) is 17.1 Å². The lowest BCUT2D eigenvalue weighted by atomic mass is 10.1. The van der Waals surface area contributed by atoms with Gasteiger partial charge in [-0.05, 0) is 31.4 Å². The SMILES string of the molecule is COc1cccc(NC(=O)c2cc(N3CCCCC3)nc(-c3ccccc3)n2)c1. The van der Waals surface area contributed by atoms with Gasteiger partial charge in [0, 0.05) is 36.5 Å². The lowest BCUT2D eigenvalue weighted by molar-refractivity contribution is 0.102. The largest absolute Gasteiger partial charge is 0.497 e. The predicted molar refractivity (Wildman–Crippen MR) is 114 cm³/mol. The van der Waals surface area contributed by atoms with Crippen molar-refractivity contribution in [1.29, 1.82) is 0 Å². The first-order valence-electron chi connectivity index (χ1n) is 9.88. The number of carbonyl (C=O) groups is 1. The number of methoxy groups -OCH3 is 1. The maximum atomic E-state index is 13.0. The molecule has 0 bridgehead atoms. The molecule has 1 aliphatic rings. The zero-order valence-corrected chi connectivity index (χ0v) is 16.5. The number of hydrogen-bond acceptors (Lipinski definition) is 5. The van der Waals surface area contributed by atoms with E-state index >= 15 is 0 Å². The molecule has 1 aliphatic heterocycles. The van der Waals surface area contributed by atoms with Crippen LogP contribution < -0.4 is 15.0 Å². The Morgan fingerprint density at radius 3 is 2.52 bits per heavy atom. The molecule has 1 amide bonds. The quantitative estimate of drug-likeness (QED) is 0.702. The van der Waals surface area contributed by atoms with Gasteiger partial charge < -0.3 is 15.0 Å². The van der Waals surface area contributed by atoms with E-state index in [1.165, 1.54) is 6.42 Å². The zero-order valence-electron chi connectivity index (χ0n) is 16.5. The number of hydrogen-bond donors (Lipinski definition) is 1. The van der Waals surface area contributed by atoms with Gasteiger partial charge in [0.2, 0.25) is 0 Å². The monoisotopic (exact) mass is 388 g/mol. The lowest BCUT2D eigenvalue weighted by Crippen LogP contribution is -2.30. The molecule has 0 spiro atoms. The second-order valence-corrected chi connectivity index (χ2v) is 7.03. The number of nitrogens with one attached hydrogen (secondary N) is 1. The highest BCUT2D eigenvalue weighted by Crippen LogP contribution is 2.24. The molecule has 0 radical (unpaired) electrons. The number of amides is 1. The number of piperidine rings is 1. The van der Waals surface area contributed by atoms with Crippen LogP contribution in [0.25, 0.3) is 11.4 Å². The number of benzene rings is 2. The van der Waals surface area contributed by atoms with Gasteiger partial charge in [0.1, 0.15) is 17.3 Å². The van der Waals surface area contributed by atoms with E-state index in [1.54, 1.807) is 19.2 Å². The Kier molecular flexibility index (Phi) is 5.70. The summed E-state index contributed by atoms with van der Waals surface area (Å²) >= 11 is 0. The Morgan fingerprint density at radius 1 is 0.966 bits per heavy atom. The van der Waals surface area contributed by atoms with E-state index in [9.17, 15) is 4.79 Å². The Morgan fingerprint density at radius 2 is 1.76 bits per heavy atom. The number of rotatable bonds is 5. The highest BCUT2D eigenvalue weighted by atomic mass is 16.5. The van der Waals surface area contributed by atoms with Crippen molar-refractivity contribution in [2.45, 2.75) is 19.3 Å². The fourth-order valence-corrected chi connectivity index (χ4v) is 3.45. The summed E-state index contributed by atoms with van der Waals surface area (Å²) in [5.74, 6) is 1.78. The third-order valence-corrected chi connectivity index (χ3v) is 4.98. The van der Waals surface area contributed by atoms with Crippen molar-refractivity contribution in [3.63, 3.8) is 0 Å². The molecular weight excluding hydrogens is 364 g/mol. The number of nitrogens with zero attached hydrogens (tertiary/aromatic N) is 3. The van der Waals surface area contributed by atoms with Crippen molar-refractivity contribution in [3.05, 3.63) is 66.4 Å². The number of anilines is 2. The number of ether oxygens (including phenoxy) is 1. The summed E-state index contributed by atoms with van der Waals surface area (Å²) < 4.78 is 5.23. The molecule has 1 aromatic heterocycles. The molecule has 1 fully saturated rings. The van der Waals surface area contributed by atoms with Crippen LogP contribution in [-0.2, 0) is 0 Å². The third-order valence-electron chi connectivity index (χ3n) is 4.98. The molecule has 0 atom stereocenters. The highest BCUT2D eigenvalue weighted by Gasteiger charge is 2.18. The Labute approximate surface area is 170 Å². The standard InChI is InChI=1S/C23H24N4O2/c1-29-19-12-8-11-18(15-19)24-23(28)20-16-21(27-13-6-3-7-14-27)26-22(25-20)17-9-4-2-5-10-17/h2,4-5,8-12,15-16H,3,6-7,13-14H2,1H3,(H,24,28). The van der Waals surface area contributed by atoms with Gasteiger partial charge >= 0.3 is 0 Å². The fraction of sp³-hybridized carbons (Fsp3) is 0.261. The van der Waals surface area contributed by atoms with Crippen LogP contribution in [-0.4, -0.2) is 36.1 Å². The van der Waals surface area contributed by atoms with E-state index < -0.39 is 0 Å². The third kappa shape index (κ3) is 4.54. The van der Waals surface area contributed by atoms with Crippen molar-refractivity contribution in [2.24, 2.45) is 0 Å². The molecule has 3 aromatic rings. The lowest BCUT2D eigenvalue weighted by Gasteiger charge is -2.28. The second-order valence-electron chi connectivity index (χ2n) is 7.03. The molecule has 6 nitrogen and oxygen atoms in total. The van der Waals surface area contributed by atoms with Gasteiger partial charge in [0.15, 0.2) is 5.82 Å². The molecule has 6 heteroatoms. The summed E-state index contributed by atoms with van der Waals surface area (Å²) in [7, 11) is 1.60. The minimum Gasteiger partial charge on any atom is -0.497 e. The maximum Gasteiger partial charge on any atom is 0.274 e. The molecule has 29 heavy (non-hydrogen) atoms. The Balaban J connectivity index is 1.68. The van der Waals surface area contributed by atoms with Crippen LogP contribution >= 0.6 is 0 Å². The van der Waals surface area contributed by atoms with Gasteiger partial charge in [0.25, 0.3) is 5.91 Å². The van der Waals surface area contributed by atoms with Crippen LogP contribution in [0.15, 0.2) is 60.7 Å². The van der Waals surface area contributed by atoms with Gasteiger partial charge in [0.05, 0.1) is 7.11 Å². The zero-order chi connectivity index (χ0) is 20.1. The molecule has 0 aliphatic carbocycles. The first-order chi connectivity index (χ1) is 14.2. The van der Waals surface area contributed by atoms with E-state index in [-0.39, 0.29) is 5.91 Å². The fourth-order valence-electron chi connectivity index (χ4n) is 3.45. The summed E-state index contributed by atoms with van der Waals surface area (Å²) in [4.78, 5) is 24.5. The topological polar surface area (TPSA) is 67.3 Å². The van der Waals surface area contributed by atoms with Crippen molar-refractivity contribution in [2.75, 3.05) is 30.4 Å². The maximum absolute atomic E-state index is 13.0. The minimum absolute atomic E-state index is 0.268. The molecule has 2 heterocycles. The van der Waals surface area contributed by atoms with Crippen molar-refractivity contribution >= 4 is 17.4 Å². The summed E-state index contributed by atoms with van der Waals surface area (Å²) in [5.41, 5.74) is 1.90. The van der Waals surface area contributed by atoms with Crippen LogP contribution in [0.1, 0.15) is 29.8 Å². The van der Waals surface area contributed by atoms with E-state index in [4.69, 9.17) is 9.72 Å². The summed E-state index contributed by atoms with van der Waals surface area (Å²) in [6.07, 6.45) is 3.50. The van der Waals surface area contributed by atoms with Gasteiger partial charge in [-0.15, -0.1) is 0 Å². The first kappa shape index (κ1) is 18.9. The van der Waals surface area contributed by atoms with Gasteiger partial charge in [-0.25, -0.2) is 9.97 Å². The van der Waals surface area contributed by atoms with E-state index in [0.717, 1.165) is 37.3 Å². The van der Waals surface area contributed by atoms with E-state index in [0.29, 0.717) is 23.0 Å². The predicted octanol–water partition coefficient (Wildman–Crippen LogP) is 4.39. The first-order valence-corrected chi connectivity index (χ1v) is 9.88. The summed E-state index contributed by atoms with van der Waals surface area (Å²) in [6.45, 7) is 1.89. The Bertz CT molecular complexity index is 985. The molecule has 0 saturated carbocycles. The van der Waals surface area contributed by atoms with E-state index in [1.807, 2.05) is 48.5 Å². The highest BCUT2D eigenvalue weighted by molar-refractivity contribution is 6.03. The molecular formula is C23H24N4O2. The van der Waals surface area contributed by atoms with Crippen LogP contribution in [0.2, 0.25) is 0 Å². The average Bonchev–Trinajstić information content (AvgIpc) is 2.80.